The van der Waals surface area contributed by atoms with Crippen molar-refractivity contribution in [3.63, 3.8) is 0 Å². The van der Waals surface area contributed by atoms with E-state index in [9.17, 15) is 4.79 Å². The first-order chi connectivity index (χ1) is 10.3. The highest BCUT2D eigenvalue weighted by Crippen LogP contribution is 2.37. The Morgan fingerprint density at radius 2 is 2.18 bits per heavy atom. The molecule has 5 nitrogen and oxygen atoms in total. The smallest absolute Gasteiger partial charge is 0.227 e. The summed E-state index contributed by atoms with van der Waals surface area (Å²) in [5, 5.41) is 3.51. The number of fused-ring (bicyclic) bond motifs is 1. The normalized spacial score (nSPS) is 15.8. The predicted molar refractivity (Wildman–Crippen MR) is 88.1 cm³/mol. The Hall–Kier alpha value is -1.62. The van der Waals surface area contributed by atoms with Gasteiger partial charge in [-0.1, -0.05) is 32.4 Å². The fourth-order valence-electron chi connectivity index (χ4n) is 2.69. The lowest BCUT2D eigenvalue weighted by atomic mass is 9.92. The fraction of sp³-hybridized carbons (Fsp3) is 0.562. The summed E-state index contributed by atoms with van der Waals surface area (Å²) < 4.78 is 2.05. The molecule has 0 aliphatic heterocycles. The van der Waals surface area contributed by atoms with Gasteiger partial charge in [0.1, 0.15) is 5.52 Å². The molecule has 1 aliphatic carbocycles. The molecular formula is C16H21ClN4O. The van der Waals surface area contributed by atoms with Gasteiger partial charge in [-0.05, 0) is 30.7 Å². The Morgan fingerprint density at radius 3 is 2.77 bits per heavy atom. The lowest BCUT2D eigenvalue weighted by Crippen LogP contribution is -2.24. The quantitative estimate of drug-likeness (QED) is 0.922. The number of hydrogen-bond acceptors (Lipinski definition) is 3. The van der Waals surface area contributed by atoms with Gasteiger partial charge in [0.15, 0.2) is 5.65 Å². The average molecular weight is 321 g/mol. The summed E-state index contributed by atoms with van der Waals surface area (Å²) in [6.45, 7) is 6.13. The molecule has 3 rings (SSSR count). The molecule has 0 saturated heterocycles. The molecule has 0 atom stereocenters. The van der Waals surface area contributed by atoms with E-state index in [2.05, 4.69) is 19.9 Å². The molecule has 2 aromatic heterocycles. The number of halogens is 1. The van der Waals surface area contributed by atoms with Crippen LogP contribution in [-0.4, -0.2) is 20.4 Å². The van der Waals surface area contributed by atoms with Gasteiger partial charge in [-0.15, -0.1) is 0 Å². The molecule has 118 valence electrons. The molecular weight excluding hydrogens is 300 g/mol. The van der Waals surface area contributed by atoms with Crippen molar-refractivity contribution in [2.24, 2.45) is 5.41 Å². The molecule has 0 spiro atoms. The summed E-state index contributed by atoms with van der Waals surface area (Å²) in [6.07, 6.45) is 5.47. The zero-order valence-corrected chi connectivity index (χ0v) is 13.9. The van der Waals surface area contributed by atoms with Crippen LogP contribution < -0.4 is 5.32 Å². The van der Waals surface area contributed by atoms with Crippen LogP contribution in [0.4, 0.5) is 5.95 Å². The highest BCUT2D eigenvalue weighted by molar-refractivity contribution is 6.31. The van der Waals surface area contributed by atoms with Gasteiger partial charge in [-0.2, -0.15) is 0 Å². The van der Waals surface area contributed by atoms with E-state index in [1.165, 1.54) is 6.42 Å². The summed E-state index contributed by atoms with van der Waals surface area (Å²) >= 11 is 6.00. The molecule has 1 aliphatic rings. The van der Waals surface area contributed by atoms with Gasteiger partial charge >= 0.3 is 0 Å². The number of rotatable bonds is 3. The number of carbonyl (C=O) groups is 1. The van der Waals surface area contributed by atoms with Crippen LogP contribution in [0.15, 0.2) is 12.3 Å². The molecule has 22 heavy (non-hydrogen) atoms. The van der Waals surface area contributed by atoms with E-state index < -0.39 is 0 Å². The lowest BCUT2D eigenvalue weighted by molar-refractivity contribution is -0.117. The summed E-state index contributed by atoms with van der Waals surface area (Å²) in [6, 6.07) is 2.15. The van der Waals surface area contributed by atoms with Gasteiger partial charge in [-0.25, -0.2) is 9.97 Å². The van der Waals surface area contributed by atoms with E-state index in [0.29, 0.717) is 23.4 Å². The molecule has 1 saturated carbocycles. The van der Waals surface area contributed by atoms with E-state index >= 15 is 0 Å². The van der Waals surface area contributed by atoms with Crippen LogP contribution in [-0.2, 0) is 4.79 Å². The first-order valence-corrected chi connectivity index (χ1v) is 8.05. The highest BCUT2D eigenvalue weighted by atomic mass is 35.5. The second-order valence-corrected chi connectivity index (χ2v) is 7.61. The third kappa shape index (κ3) is 3.09. The number of nitrogens with zero attached hydrogens (tertiary/aromatic N) is 3. The number of imidazole rings is 1. The van der Waals surface area contributed by atoms with Gasteiger partial charge < -0.3 is 0 Å². The summed E-state index contributed by atoms with van der Waals surface area (Å²) in [7, 11) is 0. The monoisotopic (exact) mass is 320 g/mol. The third-order valence-electron chi connectivity index (χ3n) is 3.88. The van der Waals surface area contributed by atoms with Crippen molar-refractivity contribution in [2.75, 3.05) is 5.32 Å². The first kappa shape index (κ1) is 15.3. The summed E-state index contributed by atoms with van der Waals surface area (Å²) in [4.78, 5) is 21.2. The van der Waals surface area contributed by atoms with Crippen molar-refractivity contribution in [2.45, 2.75) is 52.5 Å². The van der Waals surface area contributed by atoms with Crippen LogP contribution in [0.3, 0.4) is 0 Å². The van der Waals surface area contributed by atoms with Crippen LogP contribution in [0.5, 0.6) is 0 Å². The third-order valence-corrected chi connectivity index (χ3v) is 4.09. The van der Waals surface area contributed by atoms with Crippen molar-refractivity contribution in [1.82, 2.24) is 14.5 Å². The van der Waals surface area contributed by atoms with Gasteiger partial charge in [0.05, 0.1) is 5.02 Å². The first-order valence-electron chi connectivity index (χ1n) is 7.67. The zero-order chi connectivity index (χ0) is 15.9. The second kappa shape index (κ2) is 5.54. The molecule has 0 unspecified atom stereocenters. The maximum atomic E-state index is 12.2. The zero-order valence-electron chi connectivity index (χ0n) is 13.2. The molecule has 6 heteroatoms. The van der Waals surface area contributed by atoms with Gasteiger partial charge in [0.2, 0.25) is 11.9 Å². The number of nitrogens with one attached hydrogen (secondary N) is 1. The van der Waals surface area contributed by atoms with E-state index in [4.69, 9.17) is 11.6 Å². The molecule has 0 bridgehead atoms. The molecule has 2 aromatic rings. The maximum Gasteiger partial charge on any atom is 0.227 e. The molecule has 1 amide bonds. The van der Waals surface area contributed by atoms with Crippen molar-refractivity contribution in [3.05, 3.63) is 17.3 Å². The van der Waals surface area contributed by atoms with Crippen LogP contribution >= 0.6 is 11.6 Å². The van der Waals surface area contributed by atoms with Gasteiger partial charge in [0.25, 0.3) is 0 Å². The number of hydrogen-bond donors (Lipinski definition) is 1. The van der Waals surface area contributed by atoms with Crippen molar-refractivity contribution in [1.29, 1.82) is 0 Å². The Kier molecular flexibility index (Phi) is 3.85. The van der Waals surface area contributed by atoms with Crippen LogP contribution in [0.25, 0.3) is 11.2 Å². The molecule has 0 radical (unpaired) electrons. The molecule has 0 aromatic carbocycles. The van der Waals surface area contributed by atoms with E-state index in [1.54, 1.807) is 12.3 Å². The predicted octanol–water partition coefficient (Wildman–Crippen LogP) is 4.18. The SMILES string of the molecule is CC(C)(C)CC(=O)Nc1nc2cc(Cl)cnc2n1C1CCC1. The minimum Gasteiger partial charge on any atom is -0.296 e. The maximum absolute atomic E-state index is 12.2. The lowest BCUT2D eigenvalue weighted by Gasteiger charge is -2.28. The van der Waals surface area contributed by atoms with Crippen molar-refractivity contribution >= 4 is 34.6 Å². The van der Waals surface area contributed by atoms with E-state index in [1.807, 2.05) is 20.8 Å². The van der Waals surface area contributed by atoms with E-state index in [-0.39, 0.29) is 11.3 Å². The Morgan fingerprint density at radius 1 is 1.45 bits per heavy atom. The fourth-order valence-corrected chi connectivity index (χ4v) is 2.84. The number of carbonyl (C=O) groups excluding carboxylic acids is 1. The minimum absolute atomic E-state index is 0.0190. The van der Waals surface area contributed by atoms with Gasteiger partial charge in [0, 0.05) is 18.7 Å². The van der Waals surface area contributed by atoms with Crippen molar-refractivity contribution in [3.8, 4) is 0 Å². The molecule has 2 heterocycles. The number of aromatic nitrogens is 3. The summed E-state index contributed by atoms with van der Waals surface area (Å²) in [5.74, 6) is 0.568. The summed E-state index contributed by atoms with van der Waals surface area (Å²) in [5.41, 5.74) is 1.46. The van der Waals surface area contributed by atoms with Gasteiger partial charge in [-0.3, -0.25) is 14.7 Å². The number of pyridine rings is 1. The largest absolute Gasteiger partial charge is 0.296 e. The Labute approximate surface area is 135 Å². The van der Waals surface area contributed by atoms with Crippen LogP contribution in [0, 0.1) is 5.41 Å². The molecule has 1 N–H and O–H groups in total. The van der Waals surface area contributed by atoms with E-state index in [0.717, 1.165) is 24.0 Å². The highest BCUT2D eigenvalue weighted by Gasteiger charge is 2.27. The van der Waals surface area contributed by atoms with Crippen LogP contribution in [0.1, 0.15) is 52.5 Å². The second-order valence-electron chi connectivity index (χ2n) is 7.17. The Bertz CT molecular complexity index is 713. The molecule has 1 fully saturated rings. The number of anilines is 1. The minimum atomic E-state index is -0.0566. The topological polar surface area (TPSA) is 59.8 Å². The van der Waals surface area contributed by atoms with Crippen molar-refractivity contribution < 1.29 is 4.79 Å². The number of amides is 1. The Balaban J connectivity index is 1.95. The van der Waals surface area contributed by atoms with Crippen LogP contribution in [0.2, 0.25) is 5.02 Å². The standard InChI is InChI=1S/C16H21ClN4O/c1-16(2,3)8-13(22)20-15-19-12-7-10(17)9-18-14(12)21(15)11-5-4-6-11/h7,9,11H,4-6,8H2,1-3H3,(H,19,20,22). The average Bonchev–Trinajstić information content (AvgIpc) is 2.62.